The molecule has 6 nitrogen and oxygen atoms in total. The van der Waals surface area contributed by atoms with Crippen molar-refractivity contribution in [1.29, 1.82) is 0 Å². The third kappa shape index (κ3) is 5.53. The van der Waals surface area contributed by atoms with Crippen molar-refractivity contribution in [3.05, 3.63) is 0 Å². The molecule has 0 atom stereocenters. The fraction of sp³-hybridized carbons (Fsp3) is 0.818. The number of amidine groups is 1. The molecule has 0 aromatic heterocycles. The van der Waals surface area contributed by atoms with E-state index in [9.17, 15) is 4.79 Å². The summed E-state index contributed by atoms with van der Waals surface area (Å²) in [4.78, 5) is 13.5. The summed E-state index contributed by atoms with van der Waals surface area (Å²) in [6.07, 6.45) is 4.64. The van der Waals surface area contributed by atoms with E-state index in [0.29, 0.717) is 13.0 Å². The Hall–Kier alpha value is -1.30. The lowest BCUT2D eigenvalue weighted by atomic mass is 10.2. The quantitative estimate of drug-likeness (QED) is 0.194. The lowest BCUT2D eigenvalue weighted by Crippen LogP contribution is -2.36. The molecule has 1 amide bonds. The van der Waals surface area contributed by atoms with Gasteiger partial charge in [0.15, 0.2) is 0 Å². The fourth-order valence-corrected chi connectivity index (χ4v) is 1.88. The van der Waals surface area contributed by atoms with Crippen molar-refractivity contribution in [3.8, 4) is 0 Å². The molecule has 1 aliphatic heterocycles. The highest BCUT2D eigenvalue weighted by Gasteiger charge is 2.16. The average Bonchev–Trinajstić information content (AvgIpc) is 2.86. The Balaban J connectivity index is 1.95. The Morgan fingerprint density at radius 3 is 2.71 bits per heavy atom. The number of oxime groups is 1. The van der Waals surface area contributed by atoms with E-state index in [0.717, 1.165) is 45.3 Å². The van der Waals surface area contributed by atoms with E-state index in [1.807, 2.05) is 4.90 Å². The first-order valence-corrected chi connectivity index (χ1v) is 6.19. The number of rotatable bonds is 7. The maximum atomic E-state index is 11.6. The zero-order valence-electron chi connectivity index (χ0n) is 10.2. The summed E-state index contributed by atoms with van der Waals surface area (Å²) >= 11 is 0. The van der Waals surface area contributed by atoms with Gasteiger partial charge in [-0.25, -0.2) is 0 Å². The van der Waals surface area contributed by atoms with Crippen LogP contribution in [0.2, 0.25) is 0 Å². The zero-order valence-corrected chi connectivity index (χ0v) is 10.2. The number of amides is 1. The molecule has 1 saturated heterocycles. The van der Waals surface area contributed by atoms with E-state index in [1.54, 1.807) is 0 Å². The van der Waals surface area contributed by atoms with E-state index >= 15 is 0 Å². The molecule has 0 spiro atoms. The van der Waals surface area contributed by atoms with Gasteiger partial charge in [0.05, 0.1) is 6.54 Å². The van der Waals surface area contributed by atoms with Gasteiger partial charge in [-0.1, -0.05) is 5.16 Å². The maximum Gasteiger partial charge on any atom is 0.236 e. The van der Waals surface area contributed by atoms with Crippen LogP contribution >= 0.6 is 0 Å². The number of nitrogens with two attached hydrogens (primary N) is 1. The molecule has 0 bridgehead atoms. The van der Waals surface area contributed by atoms with Gasteiger partial charge in [-0.15, -0.1) is 0 Å². The van der Waals surface area contributed by atoms with Crippen LogP contribution in [0, 0.1) is 0 Å². The van der Waals surface area contributed by atoms with E-state index in [4.69, 9.17) is 10.9 Å². The van der Waals surface area contributed by atoms with Crippen LogP contribution in [0.5, 0.6) is 0 Å². The molecule has 1 fully saturated rings. The van der Waals surface area contributed by atoms with Gasteiger partial charge in [-0.2, -0.15) is 0 Å². The second-order valence-corrected chi connectivity index (χ2v) is 4.31. The summed E-state index contributed by atoms with van der Waals surface area (Å²) in [5.74, 6) is 0.456. The summed E-state index contributed by atoms with van der Waals surface area (Å²) in [5.41, 5.74) is 5.34. The van der Waals surface area contributed by atoms with Crippen molar-refractivity contribution in [1.82, 2.24) is 10.2 Å². The van der Waals surface area contributed by atoms with Gasteiger partial charge >= 0.3 is 0 Å². The molecule has 1 rings (SSSR count). The Labute approximate surface area is 102 Å². The average molecular weight is 242 g/mol. The molecule has 0 radical (unpaired) electrons. The maximum absolute atomic E-state index is 11.6. The Morgan fingerprint density at radius 1 is 1.35 bits per heavy atom. The molecule has 17 heavy (non-hydrogen) atoms. The third-order valence-corrected chi connectivity index (χ3v) is 2.90. The molecule has 6 heteroatoms. The minimum Gasteiger partial charge on any atom is -0.409 e. The van der Waals surface area contributed by atoms with Crippen molar-refractivity contribution in [2.24, 2.45) is 10.9 Å². The van der Waals surface area contributed by atoms with Crippen LogP contribution in [0.25, 0.3) is 0 Å². The fourth-order valence-electron chi connectivity index (χ4n) is 1.88. The van der Waals surface area contributed by atoms with Crippen LogP contribution < -0.4 is 11.1 Å². The van der Waals surface area contributed by atoms with Crippen LogP contribution in [0.4, 0.5) is 0 Å². The predicted molar refractivity (Wildman–Crippen MR) is 65.9 cm³/mol. The SMILES string of the molecule is NC(CCCCNCC(=O)N1CCCC1)=NO. The smallest absolute Gasteiger partial charge is 0.236 e. The van der Waals surface area contributed by atoms with Gasteiger partial charge in [0.2, 0.25) is 5.91 Å². The molecule has 0 unspecified atom stereocenters. The summed E-state index contributed by atoms with van der Waals surface area (Å²) in [6.45, 7) is 3.02. The van der Waals surface area contributed by atoms with Gasteiger partial charge in [-0.3, -0.25) is 4.79 Å². The summed E-state index contributed by atoms with van der Waals surface area (Å²) in [5, 5.41) is 14.3. The van der Waals surface area contributed by atoms with Gasteiger partial charge in [-0.05, 0) is 32.2 Å². The van der Waals surface area contributed by atoms with E-state index < -0.39 is 0 Å². The van der Waals surface area contributed by atoms with Crippen LogP contribution in [-0.4, -0.2) is 48.0 Å². The molecular weight excluding hydrogens is 220 g/mol. The molecule has 0 aliphatic carbocycles. The van der Waals surface area contributed by atoms with Crippen LogP contribution in [0.15, 0.2) is 5.16 Å². The van der Waals surface area contributed by atoms with Crippen molar-refractivity contribution in [2.45, 2.75) is 32.1 Å². The van der Waals surface area contributed by atoms with E-state index in [2.05, 4.69) is 10.5 Å². The highest BCUT2D eigenvalue weighted by Crippen LogP contribution is 2.06. The number of nitrogens with one attached hydrogen (secondary N) is 1. The number of likely N-dealkylation sites (tertiary alicyclic amines) is 1. The molecule has 1 aliphatic rings. The number of carbonyl (C=O) groups is 1. The van der Waals surface area contributed by atoms with Crippen molar-refractivity contribution < 1.29 is 10.0 Å². The standard InChI is InChI=1S/C11H22N4O2/c12-10(14-17)5-1-2-6-13-9-11(16)15-7-3-4-8-15/h13,17H,1-9H2,(H2,12,14). The number of hydrogen-bond acceptors (Lipinski definition) is 4. The second kappa shape index (κ2) is 7.89. The number of hydrogen-bond donors (Lipinski definition) is 3. The van der Waals surface area contributed by atoms with Gasteiger partial charge < -0.3 is 21.2 Å². The largest absolute Gasteiger partial charge is 0.409 e. The Kier molecular flexibility index (Phi) is 6.39. The van der Waals surface area contributed by atoms with Gasteiger partial charge in [0, 0.05) is 19.5 Å². The van der Waals surface area contributed by atoms with E-state index in [-0.39, 0.29) is 11.7 Å². The molecule has 1 heterocycles. The number of unbranched alkanes of at least 4 members (excludes halogenated alkanes) is 1. The lowest BCUT2D eigenvalue weighted by molar-refractivity contribution is -0.129. The minimum absolute atomic E-state index is 0.193. The minimum atomic E-state index is 0.193. The Bertz CT molecular complexity index is 262. The summed E-state index contributed by atoms with van der Waals surface area (Å²) in [7, 11) is 0. The highest BCUT2D eigenvalue weighted by atomic mass is 16.4. The normalized spacial score (nSPS) is 16.5. The van der Waals surface area contributed by atoms with Crippen molar-refractivity contribution in [2.75, 3.05) is 26.2 Å². The number of nitrogens with zero attached hydrogens (tertiary/aromatic N) is 2. The molecule has 0 aromatic rings. The predicted octanol–water partition coefficient (Wildman–Crippen LogP) is 0.115. The Morgan fingerprint density at radius 2 is 2.06 bits per heavy atom. The first-order valence-electron chi connectivity index (χ1n) is 6.19. The summed E-state index contributed by atoms with van der Waals surface area (Å²) in [6, 6.07) is 0. The van der Waals surface area contributed by atoms with E-state index in [1.165, 1.54) is 0 Å². The molecule has 4 N–H and O–H groups in total. The highest BCUT2D eigenvalue weighted by molar-refractivity contribution is 5.79. The topological polar surface area (TPSA) is 91.0 Å². The van der Waals surface area contributed by atoms with Crippen LogP contribution in [0.3, 0.4) is 0 Å². The lowest BCUT2D eigenvalue weighted by Gasteiger charge is -2.15. The molecule has 0 saturated carbocycles. The molecule has 0 aromatic carbocycles. The van der Waals surface area contributed by atoms with Crippen LogP contribution in [0.1, 0.15) is 32.1 Å². The van der Waals surface area contributed by atoms with Crippen molar-refractivity contribution in [3.63, 3.8) is 0 Å². The first-order chi connectivity index (χ1) is 8.24. The monoisotopic (exact) mass is 242 g/mol. The van der Waals surface area contributed by atoms with Crippen molar-refractivity contribution >= 4 is 11.7 Å². The van der Waals surface area contributed by atoms with Gasteiger partial charge in [0.25, 0.3) is 0 Å². The molecular formula is C11H22N4O2. The van der Waals surface area contributed by atoms with Gasteiger partial charge in [0.1, 0.15) is 5.84 Å². The summed E-state index contributed by atoms with van der Waals surface area (Å²) < 4.78 is 0. The van der Waals surface area contributed by atoms with Crippen LogP contribution in [-0.2, 0) is 4.79 Å². The zero-order chi connectivity index (χ0) is 12.5. The second-order valence-electron chi connectivity index (χ2n) is 4.31. The number of carbonyl (C=O) groups excluding carboxylic acids is 1. The third-order valence-electron chi connectivity index (χ3n) is 2.90. The molecule has 98 valence electrons. The first kappa shape index (κ1) is 13.8.